The predicted octanol–water partition coefficient (Wildman–Crippen LogP) is 5.13. The van der Waals surface area contributed by atoms with Gasteiger partial charge in [0.15, 0.2) is 11.6 Å². The van der Waals surface area contributed by atoms with Crippen molar-refractivity contribution in [1.82, 2.24) is 20.2 Å². The molecule has 0 spiro atoms. The Morgan fingerprint density at radius 2 is 1.93 bits per heavy atom. The van der Waals surface area contributed by atoms with Gasteiger partial charge in [-0.3, -0.25) is 4.90 Å². The van der Waals surface area contributed by atoms with E-state index in [2.05, 4.69) is 10.2 Å². The van der Waals surface area contributed by atoms with E-state index in [9.17, 15) is 13.9 Å². The zero-order chi connectivity index (χ0) is 28.6. The highest BCUT2D eigenvalue weighted by Crippen LogP contribution is 2.43. The lowest BCUT2D eigenvalue weighted by atomic mass is 9.85. The summed E-state index contributed by atoms with van der Waals surface area (Å²) in [6.07, 6.45) is 6.63. The quantitative estimate of drug-likeness (QED) is 0.434. The fraction of sp³-hybridized carbons (Fsp3) is 0.562. The number of hydrogen-bond donors (Lipinski definition) is 2. The van der Waals surface area contributed by atoms with E-state index in [0.717, 1.165) is 55.2 Å². The van der Waals surface area contributed by atoms with Crippen LogP contribution in [0.3, 0.4) is 0 Å². The number of phenolic OH excluding ortho intramolecular Hbond substituents is 1. The second-order valence-corrected chi connectivity index (χ2v) is 13.1. The Hall–Kier alpha value is -3.11. The van der Waals surface area contributed by atoms with Crippen molar-refractivity contribution in [3.05, 3.63) is 52.9 Å². The molecule has 5 aliphatic rings. The molecule has 1 aromatic heterocycles. The number of alkyl halides is 1. The van der Waals surface area contributed by atoms with Crippen molar-refractivity contribution < 1.29 is 23.0 Å². The van der Waals surface area contributed by atoms with Crippen LogP contribution in [-0.4, -0.2) is 70.0 Å². The molecular formula is C32H36F3N5O2. The lowest BCUT2D eigenvalue weighted by Crippen LogP contribution is -2.43. The van der Waals surface area contributed by atoms with E-state index in [1.165, 1.54) is 31.0 Å². The number of aromatic nitrogens is 2. The summed E-state index contributed by atoms with van der Waals surface area (Å²) in [5.74, 6) is -1.55. The van der Waals surface area contributed by atoms with E-state index < -0.39 is 17.8 Å². The second-order valence-electron chi connectivity index (χ2n) is 13.1. The maximum Gasteiger partial charge on any atom is 0.316 e. The van der Waals surface area contributed by atoms with Gasteiger partial charge in [0.2, 0.25) is 0 Å². The molecule has 2 aromatic carbocycles. The summed E-state index contributed by atoms with van der Waals surface area (Å²) in [7, 11) is 0. The van der Waals surface area contributed by atoms with Gasteiger partial charge in [0.1, 0.15) is 18.5 Å². The van der Waals surface area contributed by atoms with Gasteiger partial charge in [0.05, 0.1) is 29.2 Å². The summed E-state index contributed by atoms with van der Waals surface area (Å²) >= 11 is 0. The Bertz CT molecular complexity index is 1540. The minimum absolute atomic E-state index is 0.00464. The van der Waals surface area contributed by atoms with Crippen LogP contribution in [0.15, 0.2) is 24.3 Å². The fourth-order valence-electron chi connectivity index (χ4n) is 8.58. The number of anilines is 1. The lowest BCUT2D eigenvalue weighted by Gasteiger charge is -2.35. The van der Waals surface area contributed by atoms with Crippen LogP contribution >= 0.6 is 0 Å². The number of ether oxygens (including phenoxy) is 1. The third-order valence-electron chi connectivity index (χ3n) is 10.5. The van der Waals surface area contributed by atoms with Gasteiger partial charge in [-0.2, -0.15) is 9.97 Å². The van der Waals surface area contributed by atoms with E-state index in [1.807, 2.05) is 4.90 Å². The Labute approximate surface area is 243 Å². The molecule has 6 heterocycles. The minimum atomic E-state index is -0.922. The molecule has 222 valence electrons. The minimum Gasteiger partial charge on any atom is -0.508 e. The number of nitrogens with one attached hydrogen (secondary N) is 1. The first-order valence-corrected chi connectivity index (χ1v) is 15.4. The van der Waals surface area contributed by atoms with Gasteiger partial charge < -0.3 is 20.1 Å². The van der Waals surface area contributed by atoms with Gasteiger partial charge in [0.25, 0.3) is 0 Å². The zero-order valence-electron chi connectivity index (χ0n) is 23.6. The summed E-state index contributed by atoms with van der Waals surface area (Å²) in [5, 5.41) is 14.8. The Morgan fingerprint density at radius 1 is 1.10 bits per heavy atom. The van der Waals surface area contributed by atoms with Crippen LogP contribution in [0.4, 0.5) is 18.9 Å². The molecule has 5 atom stereocenters. The van der Waals surface area contributed by atoms with E-state index in [4.69, 9.17) is 14.7 Å². The number of halogens is 3. The van der Waals surface area contributed by atoms with Crippen molar-refractivity contribution in [1.29, 1.82) is 0 Å². The van der Waals surface area contributed by atoms with E-state index in [-0.39, 0.29) is 16.7 Å². The summed E-state index contributed by atoms with van der Waals surface area (Å²) < 4.78 is 50.2. The smallest absolute Gasteiger partial charge is 0.316 e. The van der Waals surface area contributed by atoms with Crippen LogP contribution in [0, 0.1) is 11.6 Å². The normalized spacial score (nSPS) is 30.6. The molecule has 4 saturated heterocycles. The van der Waals surface area contributed by atoms with Crippen LogP contribution in [0.1, 0.15) is 67.8 Å². The van der Waals surface area contributed by atoms with Crippen LogP contribution in [0.25, 0.3) is 10.8 Å². The number of fused-ring (bicyclic) bond motifs is 5. The van der Waals surface area contributed by atoms with Crippen LogP contribution in [0.5, 0.6) is 11.8 Å². The number of aromatic hydroxyl groups is 1. The lowest BCUT2D eigenvalue weighted by molar-refractivity contribution is 0.106. The second kappa shape index (κ2) is 9.98. The number of nitrogens with zero attached hydrogens (tertiary/aromatic N) is 4. The average Bonchev–Trinajstić information content (AvgIpc) is 3.63. The summed E-state index contributed by atoms with van der Waals surface area (Å²) in [4.78, 5) is 14.1. The first-order chi connectivity index (χ1) is 20.3. The summed E-state index contributed by atoms with van der Waals surface area (Å²) in [5.41, 5.74) is 3.11. The van der Waals surface area contributed by atoms with Crippen molar-refractivity contribution in [2.45, 2.75) is 87.6 Å². The van der Waals surface area contributed by atoms with Crippen molar-refractivity contribution in [3.63, 3.8) is 0 Å². The molecule has 8 rings (SSSR count). The number of phenols is 1. The first kappa shape index (κ1) is 26.5. The van der Waals surface area contributed by atoms with Crippen LogP contribution < -0.4 is 15.0 Å². The number of benzene rings is 2. The molecule has 4 fully saturated rings. The molecule has 2 bridgehead atoms. The van der Waals surface area contributed by atoms with Crippen molar-refractivity contribution in [2.75, 3.05) is 31.1 Å². The maximum absolute atomic E-state index is 15.1. The molecule has 3 aromatic rings. The molecule has 5 aliphatic heterocycles. The van der Waals surface area contributed by atoms with Crippen LogP contribution in [0.2, 0.25) is 0 Å². The van der Waals surface area contributed by atoms with Gasteiger partial charge in [0, 0.05) is 49.0 Å². The van der Waals surface area contributed by atoms with Gasteiger partial charge in [-0.15, -0.1) is 0 Å². The summed E-state index contributed by atoms with van der Waals surface area (Å²) in [6.45, 7) is 2.63. The predicted molar refractivity (Wildman–Crippen MR) is 153 cm³/mol. The third kappa shape index (κ3) is 4.40. The number of hydrogen-bond acceptors (Lipinski definition) is 7. The largest absolute Gasteiger partial charge is 0.508 e. The van der Waals surface area contributed by atoms with Gasteiger partial charge in [-0.25, -0.2) is 13.2 Å². The summed E-state index contributed by atoms with van der Waals surface area (Å²) in [6, 6.07) is 6.83. The number of rotatable bonds is 5. The van der Waals surface area contributed by atoms with E-state index in [0.29, 0.717) is 74.2 Å². The number of piperidine rings is 1. The van der Waals surface area contributed by atoms with E-state index in [1.54, 1.807) is 0 Å². The van der Waals surface area contributed by atoms with Gasteiger partial charge in [-0.1, -0.05) is 6.07 Å². The van der Waals surface area contributed by atoms with Crippen LogP contribution in [-0.2, 0) is 13.0 Å². The van der Waals surface area contributed by atoms with Crippen molar-refractivity contribution >= 4 is 16.5 Å². The zero-order valence-corrected chi connectivity index (χ0v) is 23.6. The standard InChI is InChI=1S/C32H36F3N5O2/c33-20-14-32(7-1-8-40(32)15-20)17-42-31-37-26-16-39(27-13-23(41)12-18-2-5-25(34)29(35)28(18)27)9-6-24(26)30(38-31)19-10-21-3-4-22(11-19)36-21/h2,5,12-13,19-22,36,41H,1,3-4,6-11,14-17H2/t19?,20-,21-,22+,32+/m1/s1. The highest BCUT2D eigenvalue weighted by Gasteiger charge is 2.49. The van der Waals surface area contributed by atoms with Gasteiger partial charge in [-0.05, 0) is 74.6 Å². The topological polar surface area (TPSA) is 73.8 Å². The molecule has 2 N–H and O–H groups in total. The SMILES string of the molecule is Oc1cc(N2CCc3c(nc(OC[C@@]45CCCN4C[C@H](F)C5)nc3C3C[C@H]4CC[C@@H](C3)N4)C2)c2c(F)c(F)ccc2c1. The molecule has 7 nitrogen and oxygen atoms in total. The molecular weight excluding hydrogens is 543 g/mol. The van der Waals surface area contributed by atoms with E-state index >= 15 is 4.39 Å². The fourth-order valence-corrected chi connectivity index (χ4v) is 8.58. The monoisotopic (exact) mass is 579 g/mol. The van der Waals surface area contributed by atoms with Crippen molar-refractivity contribution in [2.24, 2.45) is 0 Å². The molecule has 0 saturated carbocycles. The maximum atomic E-state index is 15.1. The molecule has 1 unspecified atom stereocenters. The third-order valence-corrected chi connectivity index (χ3v) is 10.5. The molecule has 0 aliphatic carbocycles. The highest BCUT2D eigenvalue weighted by molar-refractivity contribution is 5.96. The molecule has 10 heteroatoms. The molecule has 0 radical (unpaired) electrons. The molecule has 0 amide bonds. The first-order valence-electron chi connectivity index (χ1n) is 15.4. The van der Waals surface area contributed by atoms with Gasteiger partial charge >= 0.3 is 6.01 Å². The Morgan fingerprint density at radius 3 is 2.76 bits per heavy atom. The molecule has 42 heavy (non-hydrogen) atoms. The Balaban J connectivity index is 1.16. The van der Waals surface area contributed by atoms with Crippen molar-refractivity contribution in [3.8, 4) is 11.8 Å². The average molecular weight is 580 g/mol. The highest BCUT2D eigenvalue weighted by atomic mass is 19.2. The Kier molecular flexibility index (Phi) is 6.30.